The summed E-state index contributed by atoms with van der Waals surface area (Å²) in [5.74, 6) is 0.686. The minimum atomic E-state index is 0.686. The van der Waals surface area contributed by atoms with Gasteiger partial charge in [0.15, 0.2) is 5.13 Å². The second kappa shape index (κ2) is 3.86. The summed E-state index contributed by atoms with van der Waals surface area (Å²) >= 11 is 3.56. The number of thiazole rings is 1. The van der Waals surface area contributed by atoms with Crippen LogP contribution in [0.3, 0.4) is 0 Å². The summed E-state index contributed by atoms with van der Waals surface area (Å²) < 4.78 is 0. The van der Waals surface area contributed by atoms with Gasteiger partial charge in [-0.1, -0.05) is 0 Å². The molecule has 1 atom stereocenters. The second-order valence-electron chi connectivity index (χ2n) is 4.39. The molecule has 1 aliphatic carbocycles. The fraction of sp³-hybridized carbons (Fsp3) is 0.417. The summed E-state index contributed by atoms with van der Waals surface area (Å²) in [6, 6.07) is 2.32. The zero-order valence-corrected chi connectivity index (χ0v) is 10.8. The molecule has 16 heavy (non-hydrogen) atoms. The van der Waals surface area contributed by atoms with Gasteiger partial charge in [-0.15, -0.1) is 22.7 Å². The Morgan fingerprint density at radius 2 is 2.38 bits per heavy atom. The summed E-state index contributed by atoms with van der Waals surface area (Å²) in [5, 5.41) is 2.97. The van der Waals surface area contributed by atoms with E-state index in [1.807, 2.05) is 11.3 Å². The van der Waals surface area contributed by atoms with E-state index in [1.54, 1.807) is 11.3 Å². The molecule has 0 aliphatic heterocycles. The number of fused-ring (bicyclic) bond motifs is 1. The van der Waals surface area contributed by atoms with Crippen molar-refractivity contribution in [1.82, 2.24) is 4.98 Å². The standard InChI is InChI=1S/C12H14N2S2/c1-7-4-10(15-6-7)8-2-3-9-11(5-8)16-12(13)14-9/h4,6,8H,2-3,5H2,1H3,(H2,13,14). The molecular weight excluding hydrogens is 236 g/mol. The van der Waals surface area contributed by atoms with Gasteiger partial charge in [-0.05, 0) is 49.1 Å². The first-order valence-electron chi connectivity index (χ1n) is 5.51. The molecule has 3 rings (SSSR count). The highest BCUT2D eigenvalue weighted by atomic mass is 32.1. The average molecular weight is 250 g/mol. The molecule has 0 fully saturated rings. The number of aryl methyl sites for hydroxylation is 2. The van der Waals surface area contributed by atoms with Crippen LogP contribution in [0.2, 0.25) is 0 Å². The smallest absolute Gasteiger partial charge is 0.180 e. The molecular formula is C12H14N2S2. The Labute approximate surface area is 103 Å². The van der Waals surface area contributed by atoms with E-state index in [9.17, 15) is 0 Å². The molecule has 2 heterocycles. The second-order valence-corrected chi connectivity index (χ2v) is 6.45. The van der Waals surface area contributed by atoms with Crippen LogP contribution in [0.1, 0.15) is 33.4 Å². The van der Waals surface area contributed by atoms with Gasteiger partial charge >= 0.3 is 0 Å². The highest BCUT2D eigenvalue weighted by molar-refractivity contribution is 7.15. The Morgan fingerprint density at radius 3 is 3.12 bits per heavy atom. The van der Waals surface area contributed by atoms with Crippen molar-refractivity contribution >= 4 is 27.8 Å². The Kier molecular flexibility index (Phi) is 2.48. The van der Waals surface area contributed by atoms with Crippen LogP contribution in [-0.2, 0) is 12.8 Å². The quantitative estimate of drug-likeness (QED) is 0.843. The lowest BCUT2D eigenvalue weighted by molar-refractivity contribution is 0.593. The first-order chi connectivity index (χ1) is 7.72. The Bertz CT molecular complexity index is 513. The molecule has 0 bridgehead atoms. The van der Waals surface area contributed by atoms with Crippen molar-refractivity contribution in [2.24, 2.45) is 0 Å². The molecule has 2 N–H and O–H groups in total. The number of nitrogen functional groups attached to an aromatic ring is 1. The lowest BCUT2D eigenvalue weighted by Crippen LogP contribution is -2.10. The van der Waals surface area contributed by atoms with Gasteiger partial charge in [-0.3, -0.25) is 0 Å². The van der Waals surface area contributed by atoms with Gasteiger partial charge < -0.3 is 5.73 Å². The fourth-order valence-corrected chi connectivity index (χ4v) is 4.30. The first-order valence-corrected chi connectivity index (χ1v) is 7.21. The number of anilines is 1. The summed E-state index contributed by atoms with van der Waals surface area (Å²) in [4.78, 5) is 7.31. The zero-order chi connectivity index (χ0) is 11.1. The molecule has 0 amide bonds. The molecule has 84 valence electrons. The Balaban J connectivity index is 1.87. The lowest BCUT2D eigenvalue weighted by atomic mass is 9.90. The van der Waals surface area contributed by atoms with E-state index in [0.29, 0.717) is 5.92 Å². The summed E-state index contributed by atoms with van der Waals surface area (Å²) in [5.41, 5.74) is 8.38. The lowest BCUT2D eigenvalue weighted by Gasteiger charge is -2.19. The van der Waals surface area contributed by atoms with Crippen LogP contribution < -0.4 is 5.73 Å². The van der Waals surface area contributed by atoms with Gasteiger partial charge in [0.2, 0.25) is 0 Å². The van der Waals surface area contributed by atoms with Crippen LogP contribution in [-0.4, -0.2) is 4.98 Å². The predicted molar refractivity (Wildman–Crippen MR) is 70.3 cm³/mol. The largest absolute Gasteiger partial charge is 0.375 e. The van der Waals surface area contributed by atoms with Crippen LogP contribution in [0.4, 0.5) is 5.13 Å². The third-order valence-electron chi connectivity index (χ3n) is 3.11. The molecule has 4 heteroatoms. The monoisotopic (exact) mass is 250 g/mol. The van der Waals surface area contributed by atoms with Crippen LogP contribution >= 0.6 is 22.7 Å². The maximum absolute atomic E-state index is 5.76. The topological polar surface area (TPSA) is 38.9 Å². The van der Waals surface area contributed by atoms with Crippen molar-refractivity contribution in [2.75, 3.05) is 5.73 Å². The normalized spacial score (nSPS) is 19.7. The number of rotatable bonds is 1. The Morgan fingerprint density at radius 1 is 1.50 bits per heavy atom. The molecule has 0 saturated heterocycles. The van der Waals surface area contributed by atoms with Crippen molar-refractivity contribution < 1.29 is 0 Å². The van der Waals surface area contributed by atoms with Gasteiger partial charge in [-0.25, -0.2) is 4.98 Å². The summed E-state index contributed by atoms with van der Waals surface area (Å²) in [6.45, 7) is 2.17. The molecule has 2 nitrogen and oxygen atoms in total. The number of hydrogen-bond acceptors (Lipinski definition) is 4. The fourth-order valence-electron chi connectivity index (χ4n) is 2.31. The Hall–Kier alpha value is -0.870. The van der Waals surface area contributed by atoms with Crippen LogP contribution in [0.25, 0.3) is 0 Å². The molecule has 1 unspecified atom stereocenters. The van der Waals surface area contributed by atoms with Crippen LogP contribution in [0, 0.1) is 6.92 Å². The molecule has 0 aromatic carbocycles. The summed E-state index contributed by atoms with van der Waals surface area (Å²) in [7, 11) is 0. The van der Waals surface area contributed by atoms with Gasteiger partial charge in [0.05, 0.1) is 5.69 Å². The molecule has 2 aromatic rings. The minimum Gasteiger partial charge on any atom is -0.375 e. The molecule has 0 spiro atoms. The van der Waals surface area contributed by atoms with E-state index in [0.717, 1.165) is 18.0 Å². The van der Waals surface area contributed by atoms with Crippen LogP contribution in [0.5, 0.6) is 0 Å². The van der Waals surface area contributed by atoms with E-state index in [-0.39, 0.29) is 0 Å². The first kappa shape index (κ1) is 10.3. The summed E-state index contributed by atoms with van der Waals surface area (Å²) in [6.07, 6.45) is 3.44. The van der Waals surface area contributed by atoms with E-state index in [2.05, 4.69) is 23.4 Å². The SMILES string of the molecule is Cc1csc(C2CCc3nc(N)sc3C2)c1. The van der Waals surface area contributed by atoms with E-state index in [4.69, 9.17) is 5.73 Å². The van der Waals surface area contributed by atoms with Crippen molar-refractivity contribution in [3.8, 4) is 0 Å². The van der Waals surface area contributed by atoms with E-state index >= 15 is 0 Å². The molecule has 0 saturated carbocycles. The highest BCUT2D eigenvalue weighted by Gasteiger charge is 2.24. The van der Waals surface area contributed by atoms with Crippen molar-refractivity contribution in [3.63, 3.8) is 0 Å². The number of aromatic nitrogens is 1. The zero-order valence-electron chi connectivity index (χ0n) is 9.19. The number of nitrogens with two attached hydrogens (primary N) is 1. The number of hydrogen-bond donors (Lipinski definition) is 1. The van der Waals surface area contributed by atoms with Gasteiger partial charge in [-0.2, -0.15) is 0 Å². The number of nitrogens with zero attached hydrogens (tertiary/aromatic N) is 1. The number of thiophene rings is 1. The third kappa shape index (κ3) is 1.76. The van der Waals surface area contributed by atoms with E-state index in [1.165, 1.54) is 27.4 Å². The molecule has 1 aliphatic rings. The van der Waals surface area contributed by atoms with Gasteiger partial charge in [0.25, 0.3) is 0 Å². The molecule has 0 radical (unpaired) electrons. The van der Waals surface area contributed by atoms with Crippen molar-refractivity contribution in [2.45, 2.75) is 32.1 Å². The maximum atomic E-state index is 5.76. The van der Waals surface area contributed by atoms with E-state index < -0.39 is 0 Å². The van der Waals surface area contributed by atoms with Crippen molar-refractivity contribution in [3.05, 3.63) is 32.5 Å². The predicted octanol–water partition coefficient (Wildman–Crippen LogP) is 3.37. The highest BCUT2D eigenvalue weighted by Crippen LogP contribution is 2.38. The van der Waals surface area contributed by atoms with Gasteiger partial charge in [0.1, 0.15) is 0 Å². The minimum absolute atomic E-state index is 0.686. The van der Waals surface area contributed by atoms with Gasteiger partial charge in [0, 0.05) is 9.75 Å². The average Bonchev–Trinajstić information content (AvgIpc) is 2.81. The van der Waals surface area contributed by atoms with Crippen LogP contribution in [0.15, 0.2) is 11.4 Å². The maximum Gasteiger partial charge on any atom is 0.180 e. The molecule has 2 aromatic heterocycles. The van der Waals surface area contributed by atoms with Crippen molar-refractivity contribution in [1.29, 1.82) is 0 Å². The third-order valence-corrected chi connectivity index (χ3v) is 5.27.